The molecule has 0 aliphatic carbocycles. The van der Waals surface area contributed by atoms with Gasteiger partial charge in [-0.1, -0.05) is 6.92 Å². The van der Waals surface area contributed by atoms with E-state index < -0.39 is 50.2 Å². The first-order valence-corrected chi connectivity index (χ1v) is 9.05. The fourth-order valence-corrected chi connectivity index (χ4v) is 8.16. The van der Waals surface area contributed by atoms with Gasteiger partial charge in [-0.15, -0.1) is 0 Å². The van der Waals surface area contributed by atoms with Crippen LogP contribution in [-0.4, -0.2) is 45.9 Å². The van der Waals surface area contributed by atoms with Crippen LogP contribution in [0.1, 0.15) is 6.92 Å². The van der Waals surface area contributed by atoms with Crippen LogP contribution in [0.5, 0.6) is 0 Å². The van der Waals surface area contributed by atoms with Crippen LogP contribution in [0.3, 0.4) is 0 Å². The monoisotopic (exact) mass is 372 g/mol. The van der Waals surface area contributed by atoms with Gasteiger partial charge in [-0.2, -0.15) is 26.3 Å². The van der Waals surface area contributed by atoms with Crippen LogP contribution in [0.25, 0.3) is 0 Å². The summed E-state index contributed by atoms with van der Waals surface area (Å²) in [5.74, 6) is -1.55. The highest BCUT2D eigenvalue weighted by molar-refractivity contribution is 8.24. The minimum atomic E-state index is -7.15. The molecular weight excluding hydrogens is 366 g/mol. The largest absolute Gasteiger partial charge is 0.499 e. The number of rotatable bonds is 4. The normalized spacial score (nSPS) is 15.6. The standard InChI is InChI=1S/C5H6F6O6S3/c1-2-18(12,13)3(19(14,15)4(6,7)8)20(16,17)5(9,10)11/h3H,2H2,1H3. The van der Waals surface area contributed by atoms with E-state index >= 15 is 0 Å². The molecular formula is C5H6F6O6S3. The number of hydrogen-bond acceptors (Lipinski definition) is 6. The molecule has 122 valence electrons. The predicted molar refractivity (Wildman–Crippen MR) is 53.2 cm³/mol. The Balaban J connectivity index is 6.69. The molecule has 0 N–H and O–H groups in total. The average molecular weight is 372 g/mol. The molecule has 0 atom stereocenters. The van der Waals surface area contributed by atoms with Crippen molar-refractivity contribution in [2.45, 2.75) is 21.9 Å². The average Bonchev–Trinajstić information content (AvgIpc) is 2.12. The maximum atomic E-state index is 12.2. The Bertz CT molecular complexity index is 622. The smallest absolute Gasteiger partial charge is 0.226 e. The van der Waals surface area contributed by atoms with E-state index in [0.29, 0.717) is 6.92 Å². The number of hydrogen-bond donors (Lipinski definition) is 0. The van der Waals surface area contributed by atoms with Gasteiger partial charge < -0.3 is 0 Å². The van der Waals surface area contributed by atoms with E-state index in [0.717, 1.165) is 0 Å². The molecule has 15 heteroatoms. The van der Waals surface area contributed by atoms with Crippen molar-refractivity contribution in [3.8, 4) is 0 Å². The van der Waals surface area contributed by atoms with Gasteiger partial charge in [0.15, 0.2) is 9.84 Å². The SMILES string of the molecule is CCS(=O)(=O)C(S(=O)(=O)C(F)(F)F)S(=O)(=O)C(F)(F)F. The molecule has 20 heavy (non-hydrogen) atoms. The fourth-order valence-electron chi connectivity index (χ4n) is 0.907. The minimum absolute atomic E-state index is 0.500. The van der Waals surface area contributed by atoms with Crippen molar-refractivity contribution in [1.82, 2.24) is 0 Å². The molecule has 0 fully saturated rings. The predicted octanol–water partition coefficient (Wildman–Crippen LogP) is 0.574. The van der Waals surface area contributed by atoms with Crippen molar-refractivity contribution in [3.63, 3.8) is 0 Å². The summed E-state index contributed by atoms with van der Waals surface area (Å²) in [5.41, 5.74) is -13.0. The second kappa shape index (κ2) is 5.01. The second-order valence-electron chi connectivity index (χ2n) is 3.22. The van der Waals surface area contributed by atoms with Crippen molar-refractivity contribution < 1.29 is 51.6 Å². The highest BCUT2D eigenvalue weighted by atomic mass is 32.3. The van der Waals surface area contributed by atoms with E-state index in [2.05, 4.69) is 0 Å². The molecule has 0 aromatic carbocycles. The van der Waals surface area contributed by atoms with Gasteiger partial charge in [0.1, 0.15) is 0 Å². The van der Waals surface area contributed by atoms with Gasteiger partial charge in [-0.3, -0.25) is 0 Å². The summed E-state index contributed by atoms with van der Waals surface area (Å²) in [6, 6.07) is 0. The molecule has 0 heterocycles. The molecule has 6 nitrogen and oxygen atoms in total. The van der Waals surface area contributed by atoms with Crippen LogP contribution < -0.4 is 0 Å². The maximum absolute atomic E-state index is 12.2. The maximum Gasteiger partial charge on any atom is 0.499 e. The summed E-state index contributed by atoms with van der Waals surface area (Å²) >= 11 is 0. The van der Waals surface area contributed by atoms with Crippen molar-refractivity contribution >= 4 is 29.5 Å². The first-order valence-electron chi connectivity index (χ1n) is 4.25. The van der Waals surface area contributed by atoms with Crippen LogP contribution in [0, 0.1) is 0 Å². The van der Waals surface area contributed by atoms with Crippen LogP contribution in [-0.2, 0) is 29.5 Å². The number of halogens is 6. The highest BCUT2D eigenvalue weighted by Crippen LogP contribution is 2.38. The number of alkyl halides is 6. The van der Waals surface area contributed by atoms with Crippen LogP contribution in [0.15, 0.2) is 0 Å². The van der Waals surface area contributed by atoms with E-state index in [4.69, 9.17) is 0 Å². The lowest BCUT2D eigenvalue weighted by atomic mass is 11.0. The quantitative estimate of drug-likeness (QED) is 0.669. The first-order chi connectivity index (χ1) is 8.43. The molecule has 0 aliphatic rings. The summed E-state index contributed by atoms with van der Waals surface area (Å²) in [6.45, 7) is 0.500. The van der Waals surface area contributed by atoms with Crippen molar-refractivity contribution in [2.24, 2.45) is 0 Å². The third-order valence-corrected chi connectivity index (χ3v) is 10.3. The van der Waals surface area contributed by atoms with Crippen LogP contribution >= 0.6 is 0 Å². The van der Waals surface area contributed by atoms with E-state index in [-0.39, 0.29) is 0 Å². The van der Waals surface area contributed by atoms with Crippen LogP contribution in [0.4, 0.5) is 26.3 Å². The Labute approximate surface area is 109 Å². The molecule has 0 amide bonds. The Morgan fingerprint density at radius 1 is 0.750 bits per heavy atom. The van der Waals surface area contributed by atoms with E-state index in [1.165, 1.54) is 0 Å². The molecule has 0 rings (SSSR count). The molecule has 0 aromatic heterocycles. The van der Waals surface area contributed by atoms with Gasteiger partial charge in [-0.05, 0) is 0 Å². The molecule has 0 saturated heterocycles. The molecule has 0 aromatic rings. The van der Waals surface area contributed by atoms with Gasteiger partial charge in [0, 0.05) is 5.75 Å². The Hall–Kier alpha value is -0.570. The Kier molecular flexibility index (Phi) is 4.87. The molecule has 0 aliphatic heterocycles. The summed E-state index contributed by atoms with van der Waals surface area (Å²) in [5, 5.41) is 0. The lowest BCUT2D eigenvalue weighted by molar-refractivity contribution is -0.0462. The molecule has 0 radical (unpaired) electrons. The zero-order valence-corrected chi connectivity index (χ0v) is 11.7. The first kappa shape index (κ1) is 19.4. The molecule has 0 unspecified atom stereocenters. The van der Waals surface area contributed by atoms with Gasteiger partial charge in [0.2, 0.25) is 0 Å². The second-order valence-corrected chi connectivity index (χ2v) is 10.5. The lowest BCUT2D eigenvalue weighted by Gasteiger charge is -2.20. The Morgan fingerprint density at radius 2 is 1.00 bits per heavy atom. The van der Waals surface area contributed by atoms with Crippen molar-refractivity contribution in [1.29, 1.82) is 0 Å². The summed E-state index contributed by atoms with van der Waals surface area (Å²) in [4.78, 5) is 0. The van der Waals surface area contributed by atoms with Gasteiger partial charge in [0.05, 0.1) is 0 Å². The number of sulfone groups is 3. The lowest BCUT2D eigenvalue weighted by Crippen LogP contribution is -2.49. The minimum Gasteiger partial charge on any atom is -0.226 e. The van der Waals surface area contributed by atoms with Gasteiger partial charge in [-0.25, -0.2) is 25.3 Å². The van der Waals surface area contributed by atoms with Crippen LogP contribution in [0.2, 0.25) is 0 Å². The summed E-state index contributed by atoms with van der Waals surface area (Å²) in [7, 11) is -20.0. The molecule has 0 saturated carbocycles. The van der Waals surface area contributed by atoms with E-state index in [1.54, 1.807) is 0 Å². The van der Waals surface area contributed by atoms with E-state index in [9.17, 15) is 51.6 Å². The summed E-state index contributed by atoms with van der Waals surface area (Å²) in [6.07, 6.45) is 0. The Morgan fingerprint density at radius 3 is 1.15 bits per heavy atom. The highest BCUT2D eigenvalue weighted by Gasteiger charge is 2.67. The summed E-state index contributed by atoms with van der Waals surface area (Å²) < 4.78 is 134. The van der Waals surface area contributed by atoms with Gasteiger partial charge >= 0.3 is 11.0 Å². The third kappa shape index (κ3) is 3.19. The van der Waals surface area contributed by atoms with Gasteiger partial charge in [0.25, 0.3) is 23.6 Å². The topological polar surface area (TPSA) is 102 Å². The molecule has 0 bridgehead atoms. The third-order valence-electron chi connectivity index (χ3n) is 1.85. The molecule has 0 spiro atoms. The fraction of sp³-hybridized carbons (Fsp3) is 1.00. The van der Waals surface area contributed by atoms with Crippen molar-refractivity contribution in [2.75, 3.05) is 5.75 Å². The zero-order valence-electron chi connectivity index (χ0n) is 9.23. The van der Waals surface area contributed by atoms with Crippen molar-refractivity contribution in [3.05, 3.63) is 0 Å². The zero-order chi connectivity index (χ0) is 16.8. The van der Waals surface area contributed by atoms with E-state index in [1.807, 2.05) is 0 Å².